The summed E-state index contributed by atoms with van der Waals surface area (Å²) in [6.45, 7) is 0. The molecule has 0 bridgehead atoms. The van der Waals surface area contributed by atoms with Gasteiger partial charge >= 0.3 is 0 Å². The average molecular weight is 287 g/mol. The second-order valence-electron chi connectivity index (χ2n) is 4.61. The van der Waals surface area contributed by atoms with Gasteiger partial charge in [0, 0.05) is 29.1 Å². The minimum atomic E-state index is -0.780. The van der Waals surface area contributed by atoms with Crippen LogP contribution in [0.3, 0.4) is 0 Å². The summed E-state index contributed by atoms with van der Waals surface area (Å²) in [6, 6.07) is 9.03. The fourth-order valence-corrected chi connectivity index (χ4v) is 2.25. The summed E-state index contributed by atoms with van der Waals surface area (Å²) in [5.41, 5.74) is 1.34. The van der Waals surface area contributed by atoms with Crippen LogP contribution < -0.4 is 10.6 Å². The molecule has 1 heterocycles. The third-order valence-electron chi connectivity index (χ3n) is 3.21. The van der Waals surface area contributed by atoms with E-state index < -0.39 is 16.8 Å². The molecule has 0 spiro atoms. The Hall–Kier alpha value is -2.96. The number of carbonyl (C=O) groups is 1. The number of nitro groups is 1. The van der Waals surface area contributed by atoms with Crippen LogP contribution >= 0.6 is 0 Å². The van der Waals surface area contributed by atoms with Gasteiger partial charge in [-0.05, 0) is 24.3 Å². The summed E-state index contributed by atoms with van der Waals surface area (Å²) in [6.07, 6.45) is 0. The molecular formula is C14H10FN3O3. The molecule has 1 amide bonds. The fourth-order valence-electron chi connectivity index (χ4n) is 2.25. The number of nitro benzene ring substituents is 1. The first-order chi connectivity index (χ1) is 10.0. The third-order valence-corrected chi connectivity index (χ3v) is 3.21. The maximum Gasteiger partial charge on any atom is 0.271 e. The van der Waals surface area contributed by atoms with Gasteiger partial charge in [0.15, 0.2) is 0 Å². The van der Waals surface area contributed by atoms with E-state index in [-0.39, 0.29) is 11.6 Å². The molecule has 1 atom stereocenters. The number of carbonyl (C=O) groups excluding carboxylic acids is 1. The van der Waals surface area contributed by atoms with E-state index in [1.165, 1.54) is 36.4 Å². The number of halogens is 1. The van der Waals surface area contributed by atoms with Crippen molar-refractivity contribution in [2.45, 2.75) is 6.04 Å². The van der Waals surface area contributed by atoms with Gasteiger partial charge < -0.3 is 10.6 Å². The highest BCUT2D eigenvalue weighted by Crippen LogP contribution is 2.34. The van der Waals surface area contributed by atoms with E-state index in [4.69, 9.17) is 0 Å². The van der Waals surface area contributed by atoms with E-state index in [0.29, 0.717) is 16.9 Å². The SMILES string of the molecule is O=C1Nc2ccc(F)cc2C1Nc1cccc([N+](=O)[O-])c1. The molecule has 6 nitrogen and oxygen atoms in total. The van der Waals surface area contributed by atoms with Gasteiger partial charge in [-0.1, -0.05) is 6.07 Å². The molecule has 1 aliphatic heterocycles. The number of hydrogen-bond acceptors (Lipinski definition) is 4. The monoisotopic (exact) mass is 287 g/mol. The standard InChI is InChI=1S/C14H10FN3O3/c15-8-4-5-12-11(6-8)13(14(19)17-12)16-9-2-1-3-10(7-9)18(20)21/h1-7,13,16H,(H,17,19). The van der Waals surface area contributed by atoms with Crippen LogP contribution in [0.25, 0.3) is 0 Å². The van der Waals surface area contributed by atoms with Crippen molar-refractivity contribution in [3.05, 3.63) is 64.0 Å². The lowest BCUT2D eigenvalue weighted by molar-refractivity contribution is -0.384. The molecule has 0 saturated carbocycles. The van der Waals surface area contributed by atoms with Crippen molar-refractivity contribution in [1.29, 1.82) is 0 Å². The Balaban J connectivity index is 1.92. The normalized spacial score (nSPS) is 16.2. The van der Waals surface area contributed by atoms with Crippen molar-refractivity contribution < 1.29 is 14.1 Å². The summed E-state index contributed by atoms with van der Waals surface area (Å²) >= 11 is 0. The summed E-state index contributed by atoms with van der Waals surface area (Å²) in [4.78, 5) is 22.2. The van der Waals surface area contributed by atoms with Crippen LogP contribution in [0.2, 0.25) is 0 Å². The lowest BCUT2D eigenvalue weighted by atomic mass is 10.1. The van der Waals surface area contributed by atoms with Gasteiger partial charge in [-0.15, -0.1) is 0 Å². The largest absolute Gasteiger partial charge is 0.370 e. The number of fused-ring (bicyclic) bond motifs is 1. The highest BCUT2D eigenvalue weighted by Gasteiger charge is 2.31. The van der Waals surface area contributed by atoms with Crippen LogP contribution in [0, 0.1) is 15.9 Å². The second-order valence-corrected chi connectivity index (χ2v) is 4.61. The first kappa shape index (κ1) is 13.0. The number of anilines is 2. The van der Waals surface area contributed by atoms with Crippen molar-refractivity contribution in [3.8, 4) is 0 Å². The molecule has 7 heteroatoms. The Morgan fingerprint density at radius 2 is 2.05 bits per heavy atom. The molecule has 0 aliphatic carbocycles. The highest BCUT2D eigenvalue weighted by molar-refractivity contribution is 6.04. The van der Waals surface area contributed by atoms with Crippen LogP contribution in [0.5, 0.6) is 0 Å². The minimum Gasteiger partial charge on any atom is -0.370 e. The quantitative estimate of drug-likeness (QED) is 0.671. The number of benzene rings is 2. The van der Waals surface area contributed by atoms with E-state index >= 15 is 0 Å². The van der Waals surface area contributed by atoms with E-state index in [1.54, 1.807) is 6.07 Å². The van der Waals surface area contributed by atoms with Crippen LogP contribution in [-0.4, -0.2) is 10.8 Å². The Bertz CT molecular complexity index is 748. The summed E-state index contributed by atoms with van der Waals surface area (Å²) in [7, 11) is 0. The van der Waals surface area contributed by atoms with Gasteiger partial charge in [0.25, 0.3) is 11.6 Å². The maximum atomic E-state index is 13.3. The molecule has 2 aromatic carbocycles. The molecule has 1 aliphatic rings. The van der Waals surface area contributed by atoms with Gasteiger partial charge in [-0.25, -0.2) is 4.39 Å². The molecular weight excluding hydrogens is 277 g/mol. The molecule has 0 radical (unpaired) electrons. The Morgan fingerprint density at radius 3 is 2.81 bits per heavy atom. The topological polar surface area (TPSA) is 84.3 Å². The molecule has 1 unspecified atom stereocenters. The molecule has 0 fully saturated rings. The molecule has 0 aromatic heterocycles. The maximum absolute atomic E-state index is 13.3. The molecule has 106 valence electrons. The van der Waals surface area contributed by atoms with E-state index in [1.807, 2.05) is 0 Å². The number of non-ortho nitro benzene ring substituents is 1. The van der Waals surface area contributed by atoms with E-state index in [2.05, 4.69) is 10.6 Å². The summed E-state index contributed by atoms with van der Waals surface area (Å²) in [5, 5.41) is 16.3. The molecule has 3 rings (SSSR count). The Labute approximate surface area is 118 Å². The highest BCUT2D eigenvalue weighted by atomic mass is 19.1. The van der Waals surface area contributed by atoms with Gasteiger partial charge in [0.2, 0.25) is 0 Å². The van der Waals surface area contributed by atoms with Gasteiger partial charge in [-0.3, -0.25) is 14.9 Å². The van der Waals surface area contributed by atoms with Crippen LogP contribution in [0.1, 0.15) is 11.6 Å². The Kier molecular flexibility index (Phi) is 3.02. The van der Waals surface area contributed by atoms with E-state index in [9.17, 15) is 19.3 Å². The third kappa shape index (κ3) is 2.40. The zero-order valence-corrected chi connectivity index (χ0v) is 10.7. The zero-order valence-electron chi connectivity index (χ0n) is 10.7. The van der Waals surface area contributed by atoms with Crippen LogP contribution in [0.15, 0.2) is 42.5 Å². The lowest BCUT2D eigenvalue weighted by Gasteiger charge is -2.12. The summed E-state index contributed by atoms with van der Waals surface area (Å²) < 4.78 is 13.3. The first-order valence-electron chi connectivity index (χ1n) is 6.16. The zero-order chi connectivity index (χ0) is 15.0. The number of nitrogens with zero attached hydrogens (tertiary/aromatic N) is 1. The number of hydrogen-bond donors (Lipinski definition) is 2. The van der Waals surface area contributed by atoms with Crippen molar-refractivity contribution in [1.82, 2.24) is 0 Å². The van der Waals surface area contributed by atoms with Crippen molar-refractivity contribution in [2.75, 3.05) is 10.6 Å². The predicted octanol–water partition coefficient (Wildman–Crippen LogP) is 2.84. The molecule has 21 heavy (non-hydrogen) atoms. The molecule has 0 saturated heterocycles. The lowest BCUT2D eigenvalue weighted by Crippen LogP contribution is -2.19. The van der Waals surface area contributed by atoms with Crippen LogP contribution in [0.4, 0.5) is 21.5 Å². The first-order valence-corrected chi connectivity index (χ1v) is 6.16. The smallest absolute Gasteiger partial charge is 0.271 e. The predicted molar refractivity (Wildman–Crippen MR) is 74.5 cm³/mol. The second kappa shape index (κ2) is 4.86. The van der Waals surface area contributed by atoms with E-state index in [0.717, 1.165) is 0 Å². The van der Waals surface area contributed by atoms with Crippen molar-refractivity contribution in [2.24, 2.45) is 0 Å². The number of rotatable bonds is 3. The van der Waals surface area contributed by atoms with Gasteiger partial charge in [0.05, 0.1) is 4.92 Å². The molecule has 2 N–H and O–H groups in total. The van der Waals surface area contributed by atoms with Gasteiger partial charge in [0.1, 0.15) is 11.9 Å². The Morgan fingerprint density at radius 1 is 1.24 bits per heavy atom. The average Bonchev–Trinajstić information content (AvgIpc) is 2.75. The van der Waals surface area contributed by atoms with Crippen molar-refractivity contribution in [3.63, 3.8) is 0 Å². The van der Waals surface area contributed by atoms with Crippen molar-refractivity contribution >= 4 is 23.0 Å². The summed E-state index contributed by atoms with van der Waals surface area (Å²) in [5.74, 6) is -0.779. The van der Waals surface area contributed by atoms with Gasteiger partial charge in [-0.2, -0.15) is 0 Å². The number of nitrogens with one attached hydrogen (secondary N) is 2. The minimum absolute atomic E-state index is 0.0853. The fraction of sp³-hybridized carbons (Fsp3) is 0.0714. The number of amides is 1. The van der Waals surface area contributed by atoms with Crippen LogP contribution in [-0.2, 0) is 4.79 Å². The molecule has 2 aromatic rings.